The Hall–Kier alpha value is -4.83. The maximum absolute atomic E-state index is 13.9. The van der Waals surface area contributed by atoms with E-state index in [2.05, 4.69) is 20.5 Å². The van der Waals surface area contributed by atoms with Crippen molar-refractivity contribution in [2.45, 2.75) is 6.92 Å². The second kappa shape index (κ2) is 11.6. The number of piperazine rings is 1. The molecule has 42 heavy (non-hydrogen) atoms. The Kier molecular flexibility index (Phi) is 7.54. The van der Waals surface area contributed by atoms with Gasteiger partial charge in [0.15, 0.2) is 0 Å². The van der Waals surface area contributed by atoms with Gasteiger partial charge in [0.05, 0.1) is 22.4 Å². The highest BCUT2D eigenvalue weighted by Gasteiger charge is 2.23. The number of carbonyl (C=O) groups excluding carboxylic acids is 2. The number of rotatable bonds is 5. The SMILES string of the molecule is Cc1c(C(=O)Nc2ccc(N3CCN(C(=O)Nc4ccccc4F)CC3)nc2)sc2ccc(-c3ccc(F)cc3)cc12. The van der Waals surface area contributed by atoms with E-state index in [1.54, 1.807) is 35.4 Å². The van der Waals surface area contributed by atoms with Gasteiger partial charge in [-0.15, -0.1) is 11.3 Å². The van der Waals surface area contributed by atoms with Crippen molar-refractivity contribution in [3.63, 3.8) is 0 Å². The summed E-state index contributed by atoms with van der Waals surface area (Å²) in [5.74, 6) is -0.216. The van der Waals surface area contributed by atoms with Crippen molar-refractivity contribution in [2.75, 3.05) is 41.7 Å². The van der Waals surface area contributed by atoms with E-state index in [0.29, 0.717) is 36.7 Å². The monoisotopic (exact) mass is 583 g/mol. The van der Waals surface area contributed by atoms with Crippen LogP contribution < -0.4 is 15.5 Å². The molecule has 3 amide bonds. The molecule has 3 heterocycles. The fraction of sp³-hybridized carbons (Fsp3) is 0.156. The number of benzene rings is 3. The molecular formula is C32H27F2N5O2S. The minimum Gasteiger partial charge on any atom is -0.353 e. The lowest BCUT2D eigenvalue weighted by molar-refractivity contribution is 0.103. The van der Waals surface area contributed by atoms with Crippen molar-refractivity contribution in [1.82, 2.24) is 9.88 Å². The number of anilines is 3. The second-order valence-electron chi connectivity index (χ2n) is 10.0. The van der Waals surface area contributed by atoms with Crippen molar-refractivity contribution >= 4 is 50.6 Å². The molecule has 5 aromatic rings. The first-order chi connectivity index (χ1) is 20.4. The molecule has 1 aliphatic heterocycles. The fourth-order valence-corrected chi connectivity index (χ4v) is 6.07. The van der Waals surface area contributed by atoms with E-state index in [1.165, 1.54) is 35.6 Å². The molecule has 0 radical (unpaired) electrons. The van der Waals surface area contributed by atoms with Crippen LogP contribution in [0, 0.1) is 18.6 Å². The van der Waals surface area contributed by atoms with Crippen LogP contribution in [-0.2, 0) is 0 Å². The molecule has 2 aromatic heterocycles. The number of nitrogens with one attached hydrogen (secondary N) is 2. The molecule has 0 saturated carbocycles. The van der Waals surface area contributed by atoms with E-state index in [0.717, 1.165) is 32.6 Å². The molecule has 0 bridgehead atoms. The van der Waals surface area contributed by atoms with Crippen LogP contribution in [0.2, 0.25) is 0 Å². The van der Waals surface area contributed by atoms with E-state index in [4.69, 9.17) is 0 Å². The third-order valence-electron chi connectivity index (χ3n) is 7.33. The summed E-state index contributed by atoms with van der Waals surface area (Å²) < 4.78 is 28.2. The van der Waals surface area contributed by atoms with Gasteiger partial charge in [0.2, 0.25) is 0 Å². The van der Waals surface area contributed by atoms with Crippen LogP contribution in [0.3, 0.4) is 0 Å². The molecule has 1 saturated heterocycles. The normalized spacial score (nSPS) is 13.3. The van der Waals surface area contributed by atoms with E-state index < -0.39 is 5.82 Å². The Bertz CT molecular complexity index is 1760. The molecule has 212 valence electrons. The van der Waals surface area contributed by atoms with Crippen LogP contribution in [0.25, 0.3) is 21.2 Å². The van der Waals surface area contributed by atoms with Crippen molar-refractivity contribution in [2.24, 2.45) is 0 Å². The first kappa shape index (κ1) is 27.3. The number of carbonyl (C=O) groups is 2. The largest absolute Gasteiger partial charge is 0.353 e. The van der Waals surface area contributed by atoms with Gasteiger partial charge in [-0.05, 0) is 77.5 Å². The summed E-state index contributed by atoms with van der Waals surface area (Å²) in [6.07, 6.45) is 1.62. The average molecular weight is 584 g/mol. The van der Waals surface area contributed by atoms with Gasteiger partial charge >= 0.3 is 6.03 Å². The second-order valence-corrected chi connectivity index (χ2v) is 11.1. The molecule has 0 aliphatic carbocycles. The number of aromatic nitrogens is 1. The maximum Gasteiger partial charge on any atom is 0.322 e. The van der Waals surface area contributed by atoms with E-state index in [-0.39, 0.29) is 23.4 Å². The van der Waals surface area contributed by atoms with Gasteiger partial charge < -0.3 is 20.4 Å². The highest BCUT2D eigenvalue weighted by Crippen LogP contribution is 2.34. The van der Waals surface area contributed by atoms with E-state index in [9.17, 15) is 18.4 Å². The van der Waals surface area contributed by atoms with Crippen LogP contribution in [0.15, 0.2) is 85.1 Å². The average Bonchev–Trinajstić information content (AvgIpc) is 3.35. The number of hydrogen-bond donors (Lipinski definition) is 2. The predicted molar refractivity (Wildman–Crippen MR) is 163 cm³/mol. The number of aryl methyl sites for hydroxylation is 1. The zero-order valence-corrected chi connectivity index (χ0v) is 23.6. The zero-order valence-electron chi connectivity index (χ0n) is 22.7. The van der Waals surface area contributed by atoms with Gasteiger partial charge in [0.25, 0.3) is 5.91 Å². The predicted octanol–water partition coefficient (Wildman–Crippen LogP) is 7.16. The van der Waals surface area contributed by atoms with Crippen LogP contribution in [0.1, 0.15) is 15.2 Å². The summed E-state index contributed by atoms with van der Waals surface area (Å²) in [4.78, 5) is 34.6. The van der Waals surface area contributed by atoms with E-state index >= 15 is 0 Å². The van der Waals surface area contributed by atoms with Gasteiger partial charge in [-0.25, -0.2) is 18.6 Å². The maximum atomic E-state index is 13.9. The molecule has 0 spiro atoms. The Morgan fingerprint density at radius 3 is 2.31 bits per heavy atom. The molecule has 3 aromatic carbocycles. The standard InChI is InChI=1S/C32H27F2N5O2S/c1-20-25-18-22(21-6-9-23(33)10-7-21)8-12-28(25)42-30(20)31(40)36-24-11-13-29(35-19-24)38-14-16-39(17-15-38)32(41)37-27-5-3-2-4-26(27)34/h2-13,18-19H,14-17H2,1H3,(H,36,40)(H,37,41). The lowest BCUT2D eigenvalue weighted by Crippen LogP contribution is -2.50. The number of halogens is 2. The quantitative estimate of drug-likeness (QED) is 0.230. The van der Waals surface area contributed by atoms with Crippen LogP contribution >= 0.6 is 11.3 Å². The van der Waals surface area contributed by atoms with Crippen molar-refractivity contribution < 1.29 is 18.4 Å². The highest BCUT2D eigenvalue weighted by atomic mass is 32.1. The number of urea groups is 1. The topological polar surface area (TPSA) is 77.6 Å². The Balaban J connectivity index is 1.07. The first-order valence-corrected chi connectivity index (χ1v) is 14.3. The van der Waals surface area contributed by atoms with Crippen molar-refractivity contribution in [3.8, 4) is 11.1 Å². The Morgan fingerprint density at radius 2 is 1.60 bits per heavy atom. The van der Waals surface area contributed by atoms with E-state index in [1.807, 2.05) is 37.3 Å². The molecular weight excluding hydrogens is 556 g/mol. The minimum atomic E-state index is -0.473. The zero-order chi connectivity index (χ0) is 29.2. The summed E-state index contributed by atoms with van der Waals surface area (Å²) >= 11 is 1.43. The Morgan fingerprint density at radius 1 is 0.857 bits per heavy atom. The number of nitrogens with zero attached hydrogens (tertiary/aromatic N) is 3. The van der Waals surface area contributed by atoms with Crippen LogP contribution in [0.4, 0.5) is 30.8 Å². The number of amides is 3. The Labute approximate surface area is 245 Å². The summed E-state index contributed by atoms with van der Waals surface area (Å²) in [5.41, 5.74) is 3.49. The van der Waals surface area contributed by atoms with Gasteiger partial charge in [-0.2, -0.15) is 0 Å². The van der Waals surface area contributed by atoms with Gasteiger partial charge in [0, 0.05) is 30.9 Å². The molecule has 0 atom stereocenters. The minimum absolute atomic E-state index is 0.157. The molecule has 0 unspecified atom stereocenters. The highest BCUT2D eigenvalue weighted by molar-refractivity contribution is 7.21. The van der Waals surface area contributed by atoms with Crippen LogP contribution in [-0.4, -0.2) is 48.0 Å². The molecule has 7 nitrogen and oxygen atoms in total. The van der Waals surface area contributed by atoms with Gasteiger partial charge in [0.1, 0.15) is 17.5 Å². The lowest BCUT2D eigenvalue weighted by atomic mass is 10.0. The molecule has 2 N–H and O–H groups in total. The molecule has 1 aliphatic rings. The molecule has 10 heteroatoms. The lowest BCUT2D eigenvalue weighted by Gasteiger charge is -2.35. The number of thiophene rings is 1. The first-order valence-electron chi connectivity index (χ1n) is 13.5. The number of para-hydroxylation sites is 1. The van der Waals surface area contributed by atoms with Gasteiger partial charge in [-0.3, -0.25) is 4.79 Å². The molecule has 6 rings (SSSR count). The summed E-state index contributed by atoms with van der Waals surface area (Å²) in [6.45, 7) is 4.01. The summed E-state index contributed by atoms with van der Waals surface area (Å²) in [5, 5.41) is 6.56. The number of hydrogen-bond acceptors (Lipinski definition) is 5. The van der Waals surface area contributed by atoms with Gasteiger partial charge in [-0.1, -0.05) is 30.3 Å². The number of fused-ring (bicyclic) bond motifs is 1. The smallest absolute Gasteiger partial charge is 0.322 e. The molecule has 1 fully saturated rings. The summed E-state index contributed by atoms with van der Waals surface area (Å²) in [6, 6.07) is 21.8. The number of pyridine rings is 1. The van der Waals surface area contributed by atoms with Crippen molar-refractivity contribution in [3.05, 3.63) is 107 Å². The fourth-order valence-electron chi connectivity index (χ4n) is 4.99. The van der Waals surface area contributed by atoms with Crippen molar-refractivity contribution in [1.29, 1.82) is 0 Å². The summed E-state index contributed by atoms with van der Waals surface area (Å²) in [7, 11) is 0. The third-order valence-corrected chi connectivity index (χ3v) is 8.60. The van der Waals surface area contributed by atoms with Crippen LogP contribution in [0.5, 0.6) is 0 Å². The third kappa shape index (κ3) is 5.66.